The number of hydrogen-bond acceptors (Lipinski definition) is 4. The highest BCUT2D eigenvalue weighted by Crippen LogP contribution is 2.31. The molecule has 2 saturated heterocycles. The lowest BCUT2D eigenvalue weighted by Gasteiger charge is -2.19. The van der Waals surface area contributed by atoms with Crippen molar-refractivity contribution in [1.82, 2.24) is 30.6 Å². The van der Waals surface area contributed by atoms with Crippen molar-refractivity contribution in [1.29, 1.82) is 0 Å². The highest BCUT2D eigenvalue weighted by atomic mass is 15.0. The Kier molecular flexibility index (Phi) is 9.20. The molecule has 2 aliphatic heterocycles. The van der Waals surface area contributed by atoms with Gasteiger partial charge in [-0.15, -0.1) is 0 Å². The zero-order valence-corrected chi connectivity index (χ0v) is 26.2. The van der Waals surface area contributed by atoms with E-state index in [-0.39, 0.29) is 5.41 Å². The predicted molar refractivity (Wildman–Crippen MR) is 182 cm³/mol. The van der Waals surface area contributed by atoms with Crippen molar-refractivity contribution in [2.24, 2.45) is 0 Å². The van der Waals surface area contributed by atoms with Gasteiger partial charge in [0.1, 0.15) is 5.82 Å². The SMILES string of the molecule is C1CCNC1.CC(C)(C)c1ccc(/C(=C\c2ccc(-c3cnc(C4CCCN4)[nH]3)cc2)c2ccc(-c3cnc[nH]3)cc2)cc1. The third-order valence-electron chi connectivity index (χ3n) is 8.54. The number of nitrogens with one attached hydrogen (secondary N) is 4. The van der Waals surface area contributed by atoms with Gasteiger partial charge < -0.3 is 20.6 Å². The lowest BCUT2D eigenvalue weighted by Crippen LogP contribution is -2.14. The molecular weight excluding hydrogens is 540 g/mol. The molecule has 2 fully saturated rings. The smallest absolute Gasteiger partial charge is 0.123 e. The molecular formula is C38H44N6. The fourth-order valence-electron chi connectivity index (χ4n) is 5.86. The molecule has 2 aromatic heterocycles. The number of imidazole rings is 2. The highest BCUT2D eigenvalue weighted by Gasteiger charge is 2.19. The third-order valence-corrected chi connectivity index (χ3v) is 8.54. The monoisotopic (exact) mass is 584 g/mol. The first-order valence-electron chi connectivity index (χ1n) is 16.0. The van der Waals surface area contributed by atoms with E-state index in [1.165, 1.54) is 54.6 Å². The van der Waals surface area contributed by atoms with E-state index in [1.807, 2.05) is 12.4 Å². The standard InChI is InChI=1S/C34H35N5.C4H9N/c1-34(2,3)28-16-14-25(15-17-28)29(24-10-12-26(13-11-24)31-20-35-22-38-31)19-23-6-8-27(9-7-23)32-21-37-33(39-32)30-5-4-18-36-30;1-2-4-5-3-1/h6-17,19-22,30,36H,4-5,18H2,1-3H3,(H,35,38)(H,37,39);5H,1-4H2/b29-19-;. The van der Waals surface area contributed by atoms with Crippen LogP contribution in [0.25, 0.3) is 34.2 Å². The van der Waals surface area contributed by atoms with Crippen molar-refractivity contribution < 1.29 is 0 Å². The topological polar surface area (TPSA) is 81.4 Å². The summed E-state index contributed by atoms with van der Waals surface area (Å²) in [6.45, 7) is 10.3. The molecule has 0 aliphatic carbocycles. The van der Waals surface area contributed by atoms with Crippen molar-refractivity contribution >= 4 is 11.6 Å². The molecule has 0 amide bonds. The van der Waals surface area contributed by atoms with Crippen LogP contribution >= 0.6 is 0 Å². The van der Waals surface area contributed by atoms with Crippen LogP contribution in [0, 0.1) is 0 Å². The Balaban J connectivity index is 0.000000625. The molecule has 1 atom stereocenters. The maximum Gasteiger partial charge on any atom is 0.123 e. The van der Waals surface area contributed by atoms with Crippen molar-refractivity contribution in [3.05, 3.63) is 120 Å². The van der Waals surface area contributed by atoms with Crippen LogP contribution in [0.5, 0.6) is 0 Å². The van der Waals surface area contributed by atoms with Crippen LogP contribution in [-0.4, -0.2) is 39.6 Å². The average molecular weight is 585 g/mol. The average Bonchev–Trinajstić information content (AvgIpc) is 3.89. The summed E-state index contributed by atoms with van der Waals surface area (Å²) in [6.07, 6.45) is 12.9. The summed E-state index contributed by atoms with van der Waals surface area (Å²) < 4.78 is 0. The first-order valence-corrected chi connectivity index (χ1v) is 16.0. The fourth-order valence-corrected chi connectivity index (χ4v) is 5.86. The number of H-pyrrole nitrogens is 2. The normalized spacial score (nSPS) is 17.0. The van der Waals surface area contributed by atoms with Crippen LogP contribution in [-0.2, 0) is 5.41 Å². The van der Waals surface area contributed by atoms with Gasteiger partial charge >= 0.3 is 0 Å². The zero-order chi connectivity index (χ0) is 30.4. The highest BCUT2D eigenvalue weighted by molar-refractivity contribution is 5.92. The number of nitrogens with zero attached hydrogens (tertiary/aromatic N) is 2. The Morgan fingerprint density at radius 3 is 1.98 bits per heavy atom. The van der Waals surface area contributed by atoms with Crippen LogP contribution in [0.1, 0.15) is 80.6 Å². The molecule has 0 spiro atoms. The summed E-state index contributed by atoms with van der Waals surface area (Å²) in [5, 5.41) is 6.74. The molecule has 1 unspecified atom stereocenters. The van der Waals surface area contributed by atoms with Crippen molar-refractivity contribution in [2.45, 2.75) is 57.9 Å². The third kappa shape index (κ3) is 7.26. The van der Waals surface area contributed by atoms with E-state index in [9.17, 15) is 0 Å². The first-order chi connectivity index (χ1) is 21.4. The molecule has 4 heterocycles. The molecule has 3 aromatic carbocycles. The minimum absolute atomic E-state index is 0.115. The number of rotatable bonds is 6. The van der Waals surface area contributed by atoms with E-state index in [0.29, 0.717) is 6.04 Å². The molecule has 0 saturated carbocycles. The van der Waals surface area contributed by atoms with E-state index in [2.05, 4.69) is 130 Å². The Bertz CT molecular complexity index is 1620. The molecule has 4 N–H and O–H groups in total. The van der Waals surface area contributed by atoms with Gasteiger partial charge in [0.25, 0.3) is 0 Å². The van der Waals surface area contributed by atoms with Crippen LogP contribution in [0.3, 0.4) is 0 Å². The van der Waals surface area contributed by atoms with E-state index in [1.54, 1.807) is 6.33 Å². The minimum atomic E-state index is 0.115. The van der Waals surface area contributed by atoms with Gasteiger partial charge in [0.15, 0.2) is 0 Å². The molecule has 7 rings (SSSR count). The van der Waals surface area contributed by atoms with Gasteiger partial charge in [0, 0.05) is 0 Å². The predicted octanol–water partition coefficient (Wildman–Crippen LogP) is 8.15. The summed E-state index contributed by atoms with van der Waals surface area (Å²) in [4.78, 5) is 15.5. The van der Waals surface area contributed by atoms with Gasteiger partial charge in [-0.25, -0.2) is 9.97 Å². The largest absolute Gasteiger partial charge is 0.345 e. The molecule has 6 nitrogen and oxygen atoms in total. The first kappa shape index (κ1) is 29.8. The quantitative estimate of drug-likeness (QED) is 0.152. The second kappa shape index (κ2) is 13.6. The van der Waals surface area contributed by atoms with Gasteiger partial charge in [0.2, 0.25) is 0 Å². The van der Waals surface area contributed by atoms with Crippen LogP contribution in [0.2, 0.25) is 0 Å². The number of hydrogen-bond donors (Lipinski definition) is 4. The van der Waals surface area contributed by atoms with E-state index >= 15 is 0 Å². The fraction of sp³-hybridized carbons (Fsp3) is 0.316. The summed E-state index contributed by atoms with van der Waals surface area (Å²) in [5.41, 5.74) is 10.5. The second-order valence-electron chi connectivity index (χ2n) is 12.8. The lowest BCUT2D eigenvalue weighted by atomic mass is 9.85. The second-order valence-corrected chi connectivity index (χ2v) is 12.8. The lowest BCUT2D eigenvalue weighted by molar-refractivity contribution is 0.590. The molecule has 2 aliphatic rings. The van der Waals surface area contributed by atoms with Gasteiger partial charge in [-0.1, -0.05) is 93.6 Å². The minimum Gasteiger partial charge on any atom is -0.345 e. The zero-order valence-electron chi connectivity index (χ0n) is 26.2. The summed E-state index contributed by atoms with van der Waals surface area (Å²) >= 11 is 0. The molecule has 226 valence electrons. The molecule has 44 heavy (non-hydrogen) atoms. The Hall–Kier alpha value is -4.26. The van der Waals surface area contributed by atoms with E-state index < -0.39 is 0 Å². The molecule has 5 aromatic rings. The van der Waals surface area contributed by atoms with Gasteiger partial charge in [0.05, 0.1) is 36.2 Å². The van der Waals surface area contributed by atoms with Crippen molar-refractivity contribution in [2.75, 3.05) is 19.6 Å². The van der Waals surface area contributed by atoms with Crippen LogP contribution in [0.4, 0.5) is 0 Å². The number of aromatic nitrogens is 4. The van der Waals surface area contributed by atoms with Crippen molar-refractivity contribution in [3.63, 3.8) is 0 Å². The summed E-state index contributed by atoms with van der Waals surface area (Å²) in [7, 11) is 0. The summed E-state index contributed by atoms with van der Waals surface area (Å²) in [6, 6.07) is 26.7. The van der Waals surface area contributed by atoms with Crippen LogP contribution < -0.4 is 10.6 Å². The van der Waals surface area contributed by atoms with Gasteiger partial charge in [-0.2, -0.15) is 0 Å². The Morgan fingerprint density at radius 1 is 0.750 bits per heavy atom. The maximum atomic E-state index is 4.64. The number of aromatic amines is 2. The van der Waals surface area contributed by atoms with Crippen LogP contribution in [0.15, 0.2) is 91.5 Å². The maximum absolute atomic E-state index is 4.64. The van der Waals surface area contributed by atoms with Gasteiger partial charge in [-0.3, -0.25) is 0 Å². The number of benzene rings is 3. The van der Waals surface area contributed by atoms with Crippen molar-refractivity contribution in [3.8, 4) is 22.5 Å². The Morgan fingerprint density at radius 2 is 1.41 bits per heavy atom. The van der Waals surface area contributed by atoms with Gasteiger partial charge in [-0.05, 0) is 95.8 Å². The van der Waals surface area contributed by atoms with E-state index in [0.717, 1.165) is 46.9 Å². The summed E-state index contributed by atoms with van der Waals surface area (Å²) in [5.74, 6) is 1.03. The molecule has 0 bridgehead atoms. The molecule has 6 heteroatoms. The Labute approximate surface area is 261 Å². The van der Waals surface area contributed by atoms with E-state index in [4.69, 9.17) is 0 Å². The molecule has 0 radical (unpaired) electrons.